The number of carbonyl (C=O) groups excluding carboxylic acids is 2. The predicted molar refractivity (Wildman–Crippen MR) is 228 cm³/mol. The Bertz CT molecular complexity index is 765. The quantitative estimate of drug-likeness (QED) is 0.0381. The molecule has 0 radical (unpaired) electrons. The average molecular weight is 749 g/mol. The molecule has 0 aliphatic heterocycles. The van der Waals surface area contributed by atoms with Crippen molar-refractivity contribution in [3.63, 3.8) is 0 Å². The van der Waals surface area contributed by atoms with E-state index in [0.29, 0.717) is 12.8 Å². The van der Waals surface area contributed by atoms with Gasteiger partial charge in [0.05, 0.1) is 6.61 Å². The number of aliphatic hydroxyl groups is 1. The maximum absolute atomic E-state index is 12.2. The van der Waals surface area contributed by atoms with Crippen LogP contribution in [0.25, 0.3) is 0 Å². The minimum absolute atomic E-state index is 0.0587. The van der Waals surface area contributed by atoms with E-state index in [9.17, 15) is 14.7 Å². The van der Waals surface area contributed by atoms with Crippen LogP contribution in [-0.4, -0.2) is 36.4 Å². The zero-order valence-electron chi connectivity index (χ0n) is 35.8. The molecule has 0 heterocycles. The van der Waals surface area contributed by atoms with Crippen LogP contribution >= 0.6 is 0 Å². The molecule has 0 amide bonds. The first kappa shape index (κ1) is 51.6. The molecule has 1 N–H and O–H groups in total. The van der Waals surface area contributed by atoms with E-state index in [1.54, 1.807) is 0 Å². The van der Waals surface area contributed by atoms with Gasteiger partial charge >= 0.3 is 11.9 Å². The Hall–Kier alpha value is -1.36. The van der Waals surface area contributed by atoms with E-state index in [1.165, 1.54) is 205 Å². The van der Waals surface area contributed by atoms with Crippen LogP contribution in [0.2, 0.25) is 0 Å². The number of hydrogen-bond acceptors (Lipinski definition) is 5. The predicted octanol–water partition coefficient (Wildman–Crippen LogP) is 15.2. The summed E-state index contributed by atoms with van der Waals surface area (Å²) in [4.78, 5) is 24.3. The zero-order chi connectivity index (χ0) is 38.6. The number of unbranched alkanes of at least 4 members (excludes halogenated alkanes) is 34. The van der Waals surface area contributed by atoms with Crippen molar-refractivity contribution in [1.29, 1.82) is 0 Å². The first-order valence-corrected chi connectivity index (χ1v) is 23.7. The molecule has 0 rings (SSSR count). The number of ether oxygens (including phenoxy) is 2. The molecule has 0 fully saturated rings. The van der Waals surface area contributed by atoms with E-state index in [1.807, 2.05) is 0 Å². The summed E-state index contributed by atoms with van der Waals surface area (Å²) in [7, 11) is 0. The summed E-state index contributed by atoms with van der Waals surface area (Å²) in [5.41, 5.74) is 0. The smallest absolute Gasteiger partial charge is 0.306 e. The Morgan fingerprint density at radius 3 is 1.02 bits per heavy atom. The van der Waals surface area contributed by atoms with Crippen LogP contribution in [0.1, 0.15) is 264 Å². The van der Waals surface area contributed by atoms with Crippen molar-refractivity contribution >= 4 is 11.9 Å². The molecule has 0 aromatic carbocycles. The molecule has 1 unspecified atom stereocenters. The van der Waals surface area contributed by atoms with Crippen molar-refractivity contribution in [2.24, 2.45) is 0 Å². The zero-order valence-corrected chi connectivity index (χ0v) is 35.8. The van der Waals surface area contributed by atoms with Crippen molar-refractivity contribution in [3.8, 4) is 0 Å². The molecule has 53 heavy (non-hydrogen) atoms. The summed E-state index contributed by atoms with van der Waals surface area (Å²) >= 11 is 0. The van der Waals surface area contributed by atoms with Gasteiger partial charge in [-0.3, -0.25) is 9.59 Å². The number of aliphatic hydroxyl groups excluding tert-OH is 1. The molecule has 0 aromatic heterocycles. The number of esters is 2. The van der Waals surface area contributed by atoms with E-state index in [0.717, 1.165) is 32.1 Å². The van der Waals surface area contributed by atoms with Gasteiger partial charge in [0.15, 0.2) is 6.10 Å². The highest BCUT2D eigenvalue weighted by atomic mass is 16.6. The molecule has 314 valence electrons. The van der Waals surface area contributed by atoms with Gasteiger partial charge in [0.2, 0.25) is 0 Å². The Morgan fingerprint density at radius 2 is 0.698 bits per heavy atom. The Balaban J connectivity index is 3.42. The highest BCUT2D eigenvalue weighted by Crippen LogP contribution is 2.16. The van der Waals surface area contributed by atoms with Gasteiger partial charge in [0.25, 0.3) is 0 Å². The first-order valence-electron chi connectivity index (χ1n) is 23.7. The van der Waals surface area contributed by atoms with Crippen LogP contribution in [0.15, 0.2) is 12.2 Å². The molecule has 0 aromatic rings. The topological polar surface area (TPSA) is 72.8 Å². The van der Waals surface area contributed by atoms with Crippen LogP contribution in [-0.2, 0) is 19.1 Å². The molecule has 0 aliphatic carbocycles. The molecule has 0 aliphatic rings. The standard InChI is InChI=1S/C48H92O5/c1-3-5-7-9-11-13-15-17-18-19-20-21-22-23-24-25-26-27-28-29-30-31-33-35-37-39-41-43-48(51)53-46(44-49)45-52-47(50)42-40-38-36-34-32-16-14-12-10-8-6-4-2/h19-20,46,49H,3-18,21-45H2,1-2H3/b20-19-. The van der Waals surface area contributed by atoms with Gasteiger partial charge in [-0.1, -0.05) is 225 Å². The van der Waals surface area contributed by atoms with Gasteiger partial charge < -0.3 is 14.6 Å². The largest absolute Gasteiger partial charge is 0.462 e. The Kier molecular flexibility index (Phi) is 43.9. The highest BCUT2D eigenvalue weighted by Gasteiger charge is 2.16. The van der Waals surface area contributed by atoms with Crippen molar-refractivity contribution in [1.82, 2.24) is 0 Å². The second-order valence-corrected chi connectivity index (χ2v) is 16.2. The third kappa shape index (κ3) is 43.2. The molecule has 1 atom stereocenters. The lowest BCUT2D eigenvalue weighted by molar-refractivity contribution is -0.161. The lowest BCUT2D eigenvalue weighted by Gasteiger charge is -2.15. The van der Waals surface area contributed by atoms with Gasteiger partial charge in [-0.15, -0.1) is 0 Å². The van der Waals surface area contributed by atoms with E-state index in [-0.39, 0.29) is 25.2 Å². The van der Waals surface area contributed by atoms with E-state index >= 15 is 0 Å². The molecule has 5 nitrogen and oxygen atoms in total. The minimum Gasteiger partial charge on any atom is -0.462 e. The van der Waals surface area contributed by atoms with Gasteiger partial charge in [-0.25, -0.2) is 0 Å². The van der Waals surface area contributed by atoms with Gasteiger partial charge in [-0.05, 0) is 38.5 Å². The fourth-order valence-electron chi connectivity index (χ4n) is 7.20. The summed E-state index contributed by atoms with van der Waals surface area (Å²) in [6.45, 7) is 4.16. The van der Waals surface area contributed by atoms with Gasteiger partial charge in [-0.2, -0.15) is 0 Å². The lowest BCUT2D eigenvalue weighted by atomic mass is 10.0. The number of carbonyl (C=O) groups is 2. The number of hydrogen-bond donors (Lipinski definition) is 1. The summed E-state index contributed by atoms with van der Waals surface area (Å²) in [5.74, 6) is -0.576. The average Bonchev–Trinajstić information content (AvgIpc) is 3.16. The summed E-state index contributed by atoms with van der Waals surface area (Å²) in [6.07, 6.45) is 53.1. The highest BCUT2D eigenvalue weighted by molar-refractivity contribution is 5.70. The summed E-state index contributed by atoms with van der Waals surface area (Å²) < 4.78 is 10.6. The number of rotatable bonds is 44. The van der Waals surface area contributed by atoms with Crippen LogP contribution in [0.5, 0.6) is 0 Å². The number of allylic oxidation sites excluding steroid dienone is 2. The van der Waals surface area contributed by atoms with Crippen molar-refractivity contribution in [3.05, 3.63) is 12.2 Å². The monoisotopic (exact) mass is 749 g/mol. The van der Waals surface area contributed by atoms with E-state index in [2.05, 4.69) is 26.0 Å². The normalized spacial score (nSPS) is 12.1. The second-order valence-electron chi connectivity index (χ2n) is 16.2. The first-order chi connectivity index (χ1) is 26.1. The summed E-state index contributed by atoms with van der Waals surface area (Å²) in [6, 6.07) is 0. The van der Waals surface area contributed by atoms with Gasteiger partial charge in [0.1, 0.15) is 6.61 Å². The second kappa shape index (κ2) is 45.0. The fraction of sp³-hybridized carbons (Fsp3) is 0.917. The molecular weight excluding hydrogens is 657 g/mol. The van der Waals surface area contributed by atoms with Crippen molar-refractivity contribution in [2.45, 2.75) is 270 Å². The van der Waals surface area contributed by atoms with Crippen LogP contribution in [0.3, 0.4) is 0 Å². The molecule has 5 heteroatoms. The van der Waals surface area contributed by atoms with Crippen molar-refractivity contribution < 1.29 is 24.2 Å². The lowest BCUT2D eigenvalue weighted by Crippen LogP contribution is -2.28. The van der Waals surface area contributed by atoms with Gasteiger partial charge in [0, 0.05) is 12.8 Å². The minimum atomic E-state index is -0.764. The molecule has 0 spiro atoms. The van der Waals surface area contributed by atoms with E-state index in [4.69, 9.17) is 9.47 Å². The molecule has 0 bridgehead atoms. The Morgan fingerprint density at radius 1 is 0.415 bits per heavy atom. The fourth-order valence-corrected chi connectivity index (χ4v) is 7.20. The Labute approximate surface area is 331 Å². The van der Waals surface area contributed by atoms with Crippen LogP contribution in [0, 0.1) is 0 Å². The molecule has 0 saturated carbocycles. The molecular formula is C48H92O5. The van der Waals surface area contributed by atoms with Crippen LogP contribution in [0.4, 0.5) is 0 Å². The molecule has 0 saturated heterocycles. The third-order valence-electron chi connectivity index (χ3n) is 10.8. The van der Waals surface area contributed by atoms with Crippen molar-refractivity contribution in [2.75, 3.05) is 13.2 Å². The third-order valence-corrected chi connectivity index (χ3v) is 10.8. The van der Waals surface area contributed by atoms with Crippen LogP contribution < -0.4 is 0 Å². The van der Waals surface area contributed by atoms with E-state index < -0.39 is 6.10 Å². The summed E-state index contributed by atoms with van der Waals surface area (Å²) in [5, 5.41) is 9.58. The maximum Gasteiger partial charge on any atom is 0.306 e. The maximum atomic E-state index is 12.2. The SMILES string of the molecule is CCCCCCCCCC/C=C\CCCCCCCCCCCCCCCCCC(=O)OC(CO)COC(=O)CCCCCCCCCCCCCC.